The van der Waals surface area contributed by atoms with Crippen molar-refractivity contribution in [3.8, 4) is 0 Å². The van der Waals surface area contributed by atoms with Crippen molar-refractivity contribution in [3.63, 3.8) is 0 Å². The van der Waals surface area contributed by atoms with E-state index >= 15 is 0 Å². The van der Waals surface area contributed by atoms with Gasteiger partial charge in [-0.15, -0.1) is 0 Å². The Bertz CT molecular complexity index is 728. The van der Waals surface area contributed by atoms with Crippen LogP contribution < -0.4 is 10.0 Å². The van der Waals surface area contributed by atoms with E-state index in [1.807, 2.05) is 6.92 Å². The maximum Gasteiger partial charge on any atom is 0.240 e. The molecule has 2 aromatic carbocycles. The Morgan fingerprint density at radius 1 is 1.10 bits per heavy atom. The number of hydrogen-bond donors (Lipinski definition) is 2. The summed E-state index contributed by atoms with van der Waals surface area (Å²) in [5.41, 5.74) is 3.22. The average Bonchev–Trinajstić information content (AvgIpc) is 2.47. The Balaban J connectivity index is 2.07. The minimum absolute atomic E-state index is 0.257. The van der Waals surface area contributed by atoms with Gasteiger partial charge in [0.15, 0.2) is 0 Å². The van der Waals surface area contributed by atoms with Crippen LogP contribution in [0.2, 0.25) is 0 Å². The fourth-order valence-electron chi connectivity index (χ4n) is 1.86. The van der Waals surface area contributed by atoms with Crippen LogP contribution in [-0.4, -0.2) is 15.5 Å². The minimum Gasteiger partial charge on any atom is -0.381 e. The molecule has 2 rings (SSSR count). The molecule has 2 N–H and O–H groups in total. The lowest BCUT2D eigenvalue weighted by atomic mass is 10.1. The van der Waals surface area contributed by atoms with Crippen LogP contribution in [0.4, 0.5) is 5.69 Å². The monoisotopic (exact) mass is 368 g/mol. The third kappa shape index (κ3) is 4.06. The first kappa shape index (κ1) is 16.0. The molecule has 112 valence electrons. The Labute approximate surface area is 133 Å². The highest BCUT2D eigenvalue weighted by Gasteiger charge is 2.10. The molecule has 0 atom stereocenters. The lowest BCUT2D eigenvalue weighted by molar-refractivity contribution is 0.588. The number of aryl methyl sites for hydroxylation is 1. The summed E-state index contributed by atoms with van der Waals surface area (Å²) in [6.07, 6.45) is 0. The van der Waals surface area contributed by atoms with Crippen molar-refractivity contribution < 1.29 is 8.42 Å². The van der Waals surface area contributed by atoms with Gasteiger partial charge in [0.1, 0.15) is 0 Å². The van der Waals surface area contributed by atoms with Crippen LogP contribution in [0.5, 0.6) is 0 Å². The topological polar surface area (TPSA) is 58.2 Å². The standard InChI is InChI=1S/C15H17BrN2O2S/c1-11-3-4-12(15(16)9-11)10-18-13-5-7-14(8-6-13)21(19,20)17-2/h3-9,17-18H,10H2,1-2H3. The maximum atomic E-state index is 11.6. The zero-order chi connectivity index (χ0) is 15.5. The molecule has 0 saturated heterocycles. The van der Waals surface area contributed by atoms with Crippen LogP contribution >= 0.6 is 15.9 Å². The van der Waals surface area contributed by atoms with Crippen molar-refractivity contribution in [1.29, 1.82) is 0 Å². The van der Waals surface area contributed by atoms with Crippen LogP contribution in [0.1, 0.15) is 11.1 Å². The number of halogens is 1. The molecule has 0 aliphatic carbocycles. The van der Waals surface area contributed by atoms with Crippen molar-refractivity contribution in [2.75, 3.05) is 12.4 Å². The van der Waals surface area contributed by atoms with Gasteiger partial charge in [-0.2, -0.15) is 0 Å². The summed E-state index contributed by atoms with van der Waals surface area (Å²) in [6.45, 7) is 2.71. The molecule has 21 heavy (non-hydrogen) atoms. The molecule has 0 saturated carbocycles. The second-order valence-corrected chi connectivity index (χ2v) is 7.42. The molecule has 6 heteroatoms. The van der Waals surface area contributed by atoms with Gasteiger partial charge in [0.25, 0.3) is 0 Å². The van der Waals surface area contributed by atoms with Crippen LogP contribution in [0, 0.1) is 6.92 Å². The molecule has 0 aromatic heterocycles. The molecule has 0 radical (unpaired) electrons. The van der Waals surface area contributed by atoms with Crippen LogP contribution in [0.3, 0.4) is 0 Å². The van der Waals surface area contributed by atoms with Crippen molar-refractivity contribution in [1.82, 2.24) is 4.72 Å². The van der Waals surface area contributed by atoms with E-state index in [0.717, 1.165) is 15.7 Å². The lowest BCUT2D eigenvalue weighted by Gasteiger charge is -2.10. The Hall–Kier alpha value is -1.37. The SMILES string of the molecule is CNS(=O)(=O)c1ccc(NCc2ccc(C)cc2Br)cc1. The van der Waals surface area contributed by atoms with Gasteiger partial charge in [-0.1, -0.05) is 28.1 Å². The molecule has 4 nitrogen and oxygen atoms in total. The number of nitrogens with one attached hydrogen (secondary N) is 2. The van der Waals surface area contributed by atoms with E-state index in [9.17, 15) is 8.42 Å². The Kier molecular flexibility index (Phi) is 5.03. The third-order valence-corrected chi connectivity index (χ3v) is 5.29. The first-order valence-electron chi connectivity index (χ1n) is 6.45. The number of hydrogen-bond acceptors (Lipinski definition) is 3. The van der Waals surface area contributed by atoms with E-state index in [1.165, 1.54) is 12.6 Å². The molecule has 0 amide bonds. The van der Waals surface area contributed by atoms with Gasteiger partial charge < -0.3 is 5.32 Å². The van der Waals surface area contributed by atoms with Gasteiger partial charge in [0, 0.05) is 16.7 Å². The highest BCUT2D eigenvalue weighted by Crippen LogP contribution is 2.20. The van der Waals surface area contributed by atoms with Crippen molar-refractivity contribution in [2.45, 2.75) is 18.4 Å². The first-order chi connectivity index (χ1) is 9.92. The van der Waals surface area contributed by atoms with E-state index in [0.29, 0.717) is 6.54 Å². The molecule has 2 aromatic rings. The van der Waals surface area contributed by atoms with E-state index in [-0.39, 0.29) is 4.90 Å². The van der Waals surface area contributed by atoms with Crippen molar-refractivity contribution in [2.24, 2.45) is 0 Å². The van der Waals surface area contributed by atoms with Crippen molar-refractivity contribution >= 4 is 31.6 Å². The number of rotatable bonds is 5. The maximum absolute atomic E-state index is 11.6. The summed E-state index contributed by atoms with van der Waals surface area (Å²) in [5, 5.41) is 3.27. The molecule has 0 aliphatic heterocycles. The van der Waals surface area contributed by atoms with Gasteiger partial charge >= 0.3 is 0 Å². The first-order valence-corrected chi connectivity index (χ1v) is 8.72. The molecular weight excluding hydrogens is 352 g/mol. The lowest BCUT2D eigenvalue weighted by Crippen LogP contribution is -2.18. The molecular formula is C15H17BrN2O2S. The molecule has 0 fully saturated rings. The minimum atomic E-state index is -3.38. The molecule has 0 unspecified atom stereocenters. The largest absolute Gasteiger partial charge is 0.381 e. The van der Waals surface area contributed by atoms with Gasteiger partial charge in [-0.05, 0) is 55.4 Å². The molecule has 0 spiro atoms. The summed E-state index contributed by atoms with van der Waals surface area (Å²) in [7, 11) is -1.98. The van der Waals surface area contributed by atoms with Gasteiger partial charge in [-0.25, -0.2) is 13.1 Å². The highest BCUT2D eigenvalue weighted by molar-refractivity contribution is 9.10. The Morgan fingerprint density at radius 3 is 2.33 bits per heavy atom. The molecule has 0 bridgehead atoms. The molecule has 0 heterocycles. The second kappa shape index (κ2) is 6.60. The van der Waals surface area contributed by atoms with Crippen LogP contribution in [-0.2, 0) is 16.6 Å². The van der Waals surface area contributed by atoms with Crippen LogP contribution in [0.25, 0.3) is 0 Å². The molecule has 0 aliphatic rings. The average molecular weight is 369 g/mol. The third-order valence-electron chi connectivity index (χ3n) is 3.12. The van der Waals surface area contributed by atoms with Gasteiger partial charge in [0.2, 0.25) is 10.0 Å². The summed E-state index contributed by atoms with van der Waals surface area (Å²) in [5.74, 6) is 0. The Morgan fingerprint density at radius 2 is 1.76 bits per heavy atom. The highest BCUT2D eigenvalue weighted by atomic mass is 79.9. The van der Waals surface area contributed by atoms with Crippen LogP contribution in [0.15, 0.2) is 51.8 Å². The summed E-state index contributed by atoms with van der Waals surface area (Å²) in [4.78, 5) is 0.257. The van der Waals surface area contributed by atoms with Gasteiger partial charge in [0.05, 0.1) is 4.90 Å². The summed E-state index contributed by atoms with van der Waals surface area (Å²) >= 11 is 3.54. The smallest absolute Gasteiger partial charge is 0.240 e. The number of anilines is 1. The summed E-state index contributed by atoms with van der Waals surface area (Å²) in [6, 6.07) is 12.9. The van der Waals surface area contributed by atoms with E-state index in [4.69, 9.17) is 0 Å². The second-order valence-electron chi connectivity index (χ2n) is 4.68. The predicted octanol–water partition coefficient (Wildman–Crippen LogP) is 3.28. The fourth-order valence-corrected chi connectivity index (χ4v) is 3.23. The van der Waals surface area contributed by atoms with Gasteiger partial charge in [-0.3, -0.25) is 0 Å². The van der Waals surface area contributed by atoms with E-state index in [2.05, 4.69) is 44.2 Å². The quantitative estimate of drug-likeness (QED) is 0.851. The van der Waals surface area contributed by atoms with Crippen molar-refractivity contribution in [3.05, 3.63) is 58.1 Å². The zero-order valence-electron chi connectivity index (χ0n) is 11.9. The zero-order valence-corrected chi connectivity index (χ0v) is 14.3. The number of benzene rings is 2. The van der Waals surface area contributed by atoms with E-state index < -0.39 is 10.0 Å². The van der Waals surface area contributed by atoms with E-state index in [1.54, 1.807) is 24.3 Å². The fraction of sp³-hybridized carbons (Fsp3) is 0.200. The normalized spacial score (nSPS) is 11.4. The summed E-state index contributed by atoms with van der Waals surface area (Å²) < 4.78 is 26.6. The number of sulfonamides is 1. The predicted molar refractivity (Wildman–Crippen MR) is 88.9 cm³/mol.